The summed E-state index contributed by atoms with van der Waals surface area (Å²) in [6.07, 6.45) is 16.7. The van der Waals surface area contributed by atoms with Gasteiger partial charge >= 0.3 is 24.8 Å². The van der Waals surface area contributed by atoms with Crippen molar-refractivity contribution < 1.29 is 71.2 Å². The second-order valence-electron chi connectivity index (χ2n) is 23.9. The molecule has 0 spiro atoms. The first-order chi connectivity index (χ1) is 46.1. The van der Waals surface area contributed by atoms with Crippen LogP contribution in [0.5, 0.6) is 0 Å². The summed E-state index contributed by atoms with van der Waals surface area (Å²) in [7, 11) is -10.2. The number of aldehydes is 4. The Hall–Kier alpha value is -7.05. The van der Waals surface area contributed by atoms with E-state index in [4.69, 9.17) is 5.11 Å². The molecule has 561 valence electrons. The van der Waals surface area contributed by atoms with E-state index in [-0.39, 0.29) is 12.4 Å². The number of carbonyl (C=O) groups is 5. The third-order valence-corrected chi connectivity index (χ3v) is 23.3. The van der Waals surface area contributed by atoms with Gasteiger partial charge in [0.1, 0.15) is 4.60 Å². The maximum absolute atomic E-state index is 11.6. The number of hydrogen-bond acceptors (Lipinski definition) is 19. The Labute approximate surface area is 613 Å². The average molecular weight is 1590 g/mol. The van der Waals surface area contributed by atoms with Crippen molar-refractivity contribution in [3.8, 4) is 0 Å². The Morgan fingerprint density at radius 3 is 1.12 bits per heavy atom. The predicted octanol–water partition coefficient (Wildman–Crippen LogP) is 10.6. The molecular weight excluding hydrogens is 1480 g/mol. The van der Waals surface area contributed by atoms with Crippen LogP contribution in [0, 0.1) is 132 Å². The van der Waals surface area contributed by atoms with Gasteiger partial charge in [0.05, 0.1) is 37.9 Å². The van der Waals surface area contributed by atoms with Crippen LogP contribution in [0.1, 0.15) is 189 Å². The molecule has 34 heteroatoms. The van der Waals surface area contributed by atoms with Crippen molar-refractivity contribution in [2.24, 2.45) is 4.30 Å². The van der Waals surface area contributed by atoms with Crippen LogP contribution in [-0.2, 0) is 69.7 Å². The number of H-pyrrole nitrogens is 3. The van der Waals surface area contributed by atoms with Gasteiger partial charge in [-0.1, -0.05) is 6.92 Å². The summed E-state index contributed by atoms with van der Waals surface area (Å²) in [5.74, 6) is 0.135. The van der Waals surface area contributed by atoms with Crippen molar-refractivity contribution in [3.63, 3.8) is 0 Å². The number of aromatic amines is 3. The molecule has 0 aliphatic heterocycles. The summed E-state index contributed by atoms with van der Waals surface area (Å²) >= 11 is 6.34. The van der Waals surface area contributed by atoms with Crippen molar-refractivity contribution in [2.45, 2.75) is 165 Å². The van der Waals surface area contributed by atoms with Gasteiger partial charge in [-0.15, -0.1) is 0 Å². The quantitative estimate of drug-likeness (QED) is 0.0255. The minimum atomic E-state index is -3.37. The number of thiol groups is 1. The summed E-state index contributed by atoms with van der Waals surface area (Å²) in [5, 5.41) is 12.0. The number of aliphatic hydroxyl groups is 1. The average Bonchev–Trinajstić information content (AvgIpc) is 1.65. The van der Waals surface area contributed by atoms with Crippen molar-refractivity contribution in [3.05, 3.63) is 181 Å². The van der Waals surface area contributed by atoms with Gasteiger partial charge in [-0.3, -0.25) is 24.0 Å². The van der Waals surface area contributed by atoms with E-state index in [2.05, 4.69) is 87.9 Å². The molecule has 101 heavy (non-hydrogen) atoms. The van der Waals surface area contributed by atoms with Crippen molar-refractivity contribution >= 4 is 117 Å². The molecule has 0 saturated heterocycles. The summed E-state index contributed by atoms with van der Waals surface area (Å²) in [6.45, 7) is 39.0. The van der Waals surface area contributed by atoms with Gasteiger partial charge in [-0.25, -0.2) is 62.0 Å². The fraction of sp³-hybridized carbons (Fsp3) is 0.448. The van der Waals surface area contributed by atoms with Crippen LogP contribution < -0.4 is 5.32 Å². The Balaban J connectivity index is 0.00000113. The minimum absolute atomic E-state index is 0.125. The number of Topliss-reactive ketones (excluding diaryl/α,β-unsaturated/α-hetero) is 1. The topological polar surface area (TPSA) is 373 Å². The number of aliphatic hydroxyl groups excluding tert-OH is 1. The molecule has 1 radical (unpaired) electrons. The monoisotopic (exact) mass is 1580 g/mol. The van der Waals surface area contributed by atoms with Gasteiger partial charge in [0.2, 0.25) is 50.1 Å². The Morgan fingerprint density at radius 1 is 0.495 bits per heavy atom. The van der Waals surface area contributed by atoms with E-state index < -0.39 is 50.1 Å². The van der Waals surface area contributed by atoms with Crippen LogP contribution in [0.3, 0.4) is 0 Å². The molecule has 0 unspecified atom stereocenters. The number of halogens is 1. The summed E-state index contributed by atoms with van der Waals surface area (Å²) in [6, 6.07) is 0. The molecule has 0 aliphatic rings. The number of aromatic nitrogens is 8. The number of carbonyl (C=O) groups excluding carboxylic acids is 5. The summed E-state index contributed by atoms with van der Waals surface area (Å²) < 4.78 is 123. The van der Waals surface area contributed by atoms with Crippen LogP contribution in [0.4, 0.5) is 0 Å². The van der Waals surface area contributed by atoms with E-state index in [9.17, 15) is 66.1 Å². The normalized spacial score (nSPS) is 11.1. The number of nitrogens with one attached hydrogen (secondary N) is 4. The molecule has 26 nitrogen and oxygen atoms in total. The van der Waals surface area contributed by atoms with E-state index in [0.717, 1.165) is 119 Å². The van der Waals surface area contributed by atoms with Crippen LogP contribution in [0.15, 0.2) is 33.7 Å². The van der Waals surface area contributed by atoms with E-state index in [1.165, 1.54) is 47.4 Å². The Bertz CT molecular complexity index is 4750. The van der Waals surface area contributed by atoms with Gasteiger partial charge in [0.15, 0.2) is 30.9 Å². The molecule has 0 amide bonds. The molecule has 0 aliphatic carbocycles. The standard InChI is InChI=1S/C10H18N2O2S.C9H13NO3S.C8H10BrNO3S.C8H13NO3S.C8H11NO3S.2C8H11NO.C8H13N.BHNS/c1-7-8(2)12(15(5,13)14)9(3)10(7)6-11-4;1-6-7(2)10(14(4,12)13)8(3)9(6)5-11;1-5-7(4-11)6(2)10(8(5)9)14(3,12)13;2*1-6-4-9(13(3,11)12)7(2)8(6)5-10;1-5-6(2)9-7(3)8(5)4-10;1-5-4-9-6(2)8(5)7(3)10;1-4-8-6(2)5-9-7(8)3;1-2-3/h11H,6H2,1-5H3;5H,1-4H3;4H,1-3H3;4,10H,5H2,1-3H3;4-5H,1-3H3;2*4,9H,1-3H3;5,9H,4H2,1-3H3;3H. The molecule has 8 aromatic heterocycles. The maximum atomic E-state index is 11.6. The third kappa shape index (κ3) is 24.8. The fourth-order valence-electron chi connectivity index (χ4n) is 11.1. The number of ketones is 1. The van der Waals surface area contributed by atoms with E-state index in [1.54, 1.807) is 69.2 Å². The molecule has 0 saturated carbocycles. The molecule has 5 N–H and O–H groups in total. The second-order valence-corrected chi connectivity index (χ2v) is 34.1. The van der Waals surface area contributed by atoms with E-state index in [1.807, 2.05) is 68.6 Å². The number of nitrogens with zero attached hydrogens (tertiary/aromatic N) is 6. The number of hydrogen-bond donors (Lipinski definition) is 6. The van der Waals surface area contributed by atoms with Gasteiger partial charge in [0, 0.05) is 127 Å². The molecular formula is C67H101BBrN10O16S6. The van der Waals surface area contributed by atoms with Crippen LogP contribution in [-0.4, -0.2) is 159 Å². The Kier molecular flexibility index (Phi) is 36.8. The van der Waals surface area contributed by atoms with Crippen molar-refractivity contribution in [2.75, 3.05) is 38.3 Å². The van der Waals surface area contributed by atoms with Gasteiger partial charge in [-0.05, 0) is 224 Å². The van der Waals surface area contributed by atoms with Crippen molar-refractivity contribution in [1.29, 1.82) is 0 Å². The molecule has 0 fully saturated rings. The Morgan fingerprint density at radius 2 is 0.891 bits per heavy atom. The zero-order chi connectivity index (χ0) is 79.4. The first-order valence-electron chi connectivity index (χ1n) is 30.8. The van der Waals surface area contributed by atoms with Gasteiger partial charge in [-0.2, -0.15) is 0 Å². The zero-order valence-electron chi connectivity index (χ0n) is 62.9. The fourth-order valence-corrected chi connectivity index (χ4v) is 17.8. The predicted molar refractivity (Wildman–Crippen MR) is 410 cm³/mol. The van der Waals surface area contributed by atoms with Crippen molar-refractivity contribution in [1.82, 2.24) is 40.1 Å². The SMILES string of the molecule is CC(=O)c1c(C)c[nH]c1C.CCc1c(C)c[nH]c1C.CNCc1c(C)c(C)n(S(C)(=O)=O)c1C.Cc1[nH]c(C)c(C=O)c1C.Cc1c(C=O)c(C)n(S(C)(=O)=O)c1Br.Cc1c(C=O)c(C)n(S(C)(=O)=O)c1C.Cc1cn(S(C)(=O)=O)c(C)c1C=O.Cc1cn(S(C)(=O)=O)c(C)c1CO.[B]=NS. The van der Waals surface area contributed by atoms with E-state index >= 15 is 0 Å². The summed E-state index contributed by atoms with van der Waals surface area (Å²) in [4.78, 5) is 62.7. The number of aryl methyl sites for hydroxylation is 8. The number of rotatable bonds is 14. The van der Waals surface area contributed by atoms with Gasteiger partial charge in [0.25, 0.3) is 0 Å². The molecule has 0 aromatic carbocycles. The molecule has 8 rings (SSSR count). The zero-order valence-corrected chi connectivity index (χ0v) is 69.5. The van der Waals surface area contributed by atoms with Crippen LogP contribution >= 0.6 is 28.7 Å². The van der Waals surface area contributed by atoms with Gasteiger partial charge < -0.3 is 25.4 Å². The first-order valence-corrected chi connectivity index (χ1v) is 41.2. The van der Waals surface area contributed by atoms with Crippen LogP contribution in [0.25, 0.3) is 0 Å². The second kappa shape index (κ2) is 39.6. The van der Waals surface area contributed by atoms with E-state index in [0.29, 0.717) is 91.9 Å². The molecule has 8 heterocycles. The first kappa shape index (κ1) is 94.0. The summed E-state index contributed by atoms with van der Waals surface area (Å²) in [5.41, 5.74) is 22.1. The third-order valence-electron chi connectivity index (χ3n) is 16.4. The molecule has 0 atom stereocenters. The molecule has 8 aromatic rings. The van der Waals surface area contributed by atoms with Crippen LogP contribution in [0.2, 0.25) is 0 Å². The molecule has 0 bridgehead atoms.